The first-order valence-electron chi connectivity index (χ1n) is 4.39. The Morgan fingerprint density at radius 2 is 1.87 bits per heavy atom. The van der Waals surface area contributed by atoms with Crippen molar-refractivity contribution in [1.29, 1.82) is 0 Å². The molecule has 1 aromatic carbocycles. The highest BCUT2D eigenvalue weighted by Crippen LogP contribution is 2.21. The first-order chi connectivity index (χ1) is 7.40. The number of rotatable bonds is 3. The molecule has 0 amide bonds. The second-order valence-electron chi connectivity index (χ2n) is 2.79. The Labute approximate surface area is 86.4 Å². The Morgan fingerprint density at radius 3 is 2.60 bits per heavy atom. The van der Waals surface area contributed by atoms with Crippen LogP contribution in [0.1, 0.15) is 5.56 Å². The van der Waals surface area contributed by atoms with Crippen molar-refractivity contribution in [2.45, 2.75) is 6.61 Å². The molecule has 5 heteroatoms. The molecule has 1 heterocycles. The zero-order valence-corrected chi connectivity index (χ0v) is 7.87. The fraction of sp³-hybridized carbons (Fsp3) is 0.100. The fourth-order valence-electron chi connectivity index (χ4n) is 1.11. The van der Waals surface area contributed by atoms with Crippen molar-refractivity contribution in [2.24, 2.45) is 0 Å². The smallest absolute Gasteiger partial charge is 0.324 e. The maximum Gasteiger partial charge on any atom is 0.324 e. The predicted octanol–water partition coefficient (Wildman–Crippen LogP) is 1.16. The van der Waals surface area contributed by atoms with Gasteiger partial charge in [0.15, 0.2) is 0 Å². The van der Waals surface area contributed by atoms with E-state index in [4.69, 9.17) is 9.84 Å². The van der Waals surface area contributed by atoms with Crippen molar-refractivity contribution < 1.29 is 9.84 Å². The summed E-state index contributed by atoms with van der Waals surface area (Å²) in [6.07, 6.45) is 2.70. The van der Waals surface area contributed by atoms with Gasteiger partial charge in [0.1, 0.15) is 18.4 Å². The van der Waals surface area contributed by atoms with Crippen LogP contribution in [0.3, 0.4) is 0 Å². The van der Waals surface area contributed by atoms with Crippen molar-refractivity contribution in [1.82, 2.24) is 15.0 Å². The minimum absolute atomic E-state index is 0.0821. The lowest BCUT2D eigenvalue weighted by atomic mass is 10.2. The van der Waals surface area contributed by atoms with Gasteiger partial charge in [-0.25, -0.2) is 4.98 Å². The Hall–Kier alpha value is -2.01. The van der Waals surface area contributed by atoms with Gasteiger partial charge in [-0.15, -0.1) is 0 Å². The van der Waals surface area contributed by atoms with Crippen molar-refractivity contribution >= 4 is 0 Å². The van der Waals surface area contributed by atoms with Crippen molar-refractivity contribution in [3.8, 4) is 11.8 Å². The van der Waals surface area contributed by atoms with Crippen LogP contribution in [0.2, 0.25) is 0 Å². The fourth-order valence-corrected chi connectivity index (χ4v) is 1.11. The van der Waals surface area contributed by atoms with E-state index in [9.17, 15) is 0 Å². The first-order valence-corrected chi connectivity index (χ1v) is 4.39. The Balaban J connectivity index is 2.24. The molecule has 0 spiro atoms. The molecular formula is C10H9N3O2. The van der Waals surface area contributed by atoms with Crippen molar-refractivity contribution in [2.75, 3.05) is 0 Å². The number of aliphatic hydroxyl groups is 1. The third kappa shape index (κ3) is 2.26. The molecule has 2 rings (SSSR count). The van der Waals surface area contributed by atoms with Crippen LogP contribution in [0.25, 0.3) is 0 Å². The number of nitrogens with zero attached hydrogens (tertiary/aromatic N) is 3. The number of aromatic nitrogens is 3. The SMILES string of the molecule is OCc1ccccc1Oc1ncncn1. The highest BCUT2D eigenvalue weighted by molar-refractivity contribution is 5.34. The van der Waals surface area contributed by atoms with E-state index >= 15 is 0 Å². The summed E-state index contributed by atoms with van der Waals surface area (Å²) in [5, 5.41) is 9.06. The molecule has 0 atom stereocenters. The highest BCUT2D eigenvalue weighted by Gasteiger charge is 2.04. The molecule has 1 aromatic heterocycles. The molecule has 0 aliphatic heterocycles. The number of aliphatic hydroxyl groups excluding tert-OH is 1. The van der Waals surface area contributed by atoms with Crippen molar-refractivity contribution in [3.63, 3.8) is 0 Å². The van der Waals surface area contributed by atoms with Gasteiger partial charge in [0, 0.05) is 5.56 Å². The quantitative estimate of drug-likeness (QED) is 0.810. The van der Waals surface area contributed by atoms with Gasteiger partial charge in [-0.05, 0) is 6.07 Å². The van der Waals surface area contributed by atoms with Crippen LogP contribution in [-0.4, -0.2) is 20.1 Å². The third-order valence-corrected chi connectivity index (χ3v) is 1.81. The van der Waals surface area contributed by atoms with Crippen LogP contribution in [-0.2, 0) is 6.61 Å². The Kier molecular flexibility index (Phi) is 2.85. The largest absolute Gasteiger partial charge is 0.424 e. The zero-order valence-electron chi connectivity index (χ0n) is 7.87. The summed E-state index contributed by atoms with van der Waals surface area (Å²) in [4.78, 5) is 11.3. The van der Waals surface area contributed by atoms with Gasteiger partial charge in [0.25, 0.3) is 0 Å². The van der Waals surface area contributed by atoms with Gasteiger partial charge in [-0.3, -0.25) is 0 Å². The van der Waals surface area contributed by atoms with E-state index in [1.165, 1.54) is 12.7 Å². The van der Waals surface area contributed by atoms with E-state index in [2.05, 4.69) is 15.0 Å². The van der Waals surface area contributed by atoms with Crippen LogP contribution < -0.4 is 4.74 Å². The number of hydrogen-bond donors (Lipinski definition) is 1. The standard InChI is InChI=1S/C10H9N3O2/c14-5-8-3-1-2-4-9(8)15-10-12-6-11-7-13-10/h1-4,6-7,14H,5H2. The van der Waals surface area contributed by atoms with E-state index in [0.717, 1.165) is 0 Å². The number of hydrogen-bond acceptors (Lipinski definition) is 5. The summed E-state index contributed by atoms with van der Waals surface area (Å²) in [6, 6.07) is 7.37. The Morgan fingerprint density at radius 1 is 1.13 bits per heavy atom. The van der Waals surface area contributed by atoms with Crippen LogP contribution >= 0.6 is 0 Å². The summed E-state index contributed by atoms with van der Waals surface area (Å²) >= 11 is 0. The third-order valence-electron chi connectivity index (χ3n) is 1.81. The average Bonchev–Trinajstić information content (AvgIpc) is 2.31. The molecule has 2 aromatic rings. The molecule has 0 bridgehead atoms. The molecule has 15 heavy (non-hydrogen) atoms. The monoisotopic (exact) mass is 203 g/mol. The number of para-hydroxylation sites is 1. The van der Waals surface area contributed by atoms with Crippen LogP contribution in [0.5, 0.6) is 11.8 Å². The van der Waals surface area contributed by atoms with E-state index in [0.29, 0.717) is 11.3 Å². The summed E-state index contributed by atoms with van der Waals surface area (Å²) in [7, 11) is 0. The summed E-state index contributed by atoms with van der Waals surface area (Å²) in [6.45, 7) is -0.0821. The van der Waals surface area contributed by atoms with Gasteiger partial charge < -0.3 is 9.84 Å². The molecular weight excluding hydrogens is 194 g/mol. The van der Waals surface area contributed by atoms with Gasteiger partial charge in [-0.1, -0.05) is 18.2 Å². The normalized spacial score (nSPS) is 9.93. The van der Waals surface area contributed by atoms with Gasteiger partial charge >= 0.3 is 6.01 Å². The number of benzene rings is 1. The maximum absolute atomic E-state index is 9.06. The molecule has 0 aliphatic carbocycles. The average molecular weight is 203 g/mol. The predicted molar refractivity (Wildman–Crippen MR) is 52.3 cm³/mol. The Bertz CT molecular complexity index is 434. The molecule has 0 fully saturated rings. The van der Waals surface area contributed by atoms with Gasteiger partial charge in [0.2, 0.25) is 0 Å². The molecule has 76 valence electrons. The van der Waals surface area contributed by atoms with E-state index < -0.39 is 0 Å². The lowest BCUT2D eigenvalue weighted by molar-refractivity contribution is 0.275. The first kappa shape index (κ1) is 9.54. The second kappa shape index (κ2) is 4.47. The van der Waals surface area contributed by atoms with Gasteiger partial charge in [-0.2, -0.15) is 9.97 Å². The molecule has 0 aliphatic rings. The van der Waals surface area contributed by atoms with Gasteiger partial charge in [0.05, 0.1) is 6.61 Å². The van der Waals surface area contributed by atoms with E-state index in [1.54, 1.807) is 12.1 Å². The minimum atomic E-state index is -0.0821. The van der Waals surface area contributed by atoms with Crippen LogP contribution in [0.4, 0.5) is 0 Å². The van der Waals surface area contributed by atoms with Crippen LogP contribution in [0.15, 0.2) is 36.9 Å². The van der Waals surface area contributed by atoms with Crippen molar-refractivity contribution in [3.05, 3.63) is 42.5 Å². The summed E-state index contributed by atoms with van der Waals surface area (Å²) < 4.78 is 5.38. The minimum Gasteiger partial charge on any atom is -0.424 e. The molecule has 0 radical (unpaired) electrons. The summed E-state index contributed by atoms with van der Waals surface area (Å²) in [5.74, 6) is 0.547. The van der Waals surface area contributed by atoms with Crippen LogP contribution in [0, 0.1) is 0 Å². The molecule has 5 nitrogen and oxygen atoms in total. The number of ether oxygens (including phenoxy) is 1. The zero-order chi connectivity index (χ0) is 10.5. The maximum atomic E-state index is 9.06. The molecule has 0 saturated heterocycles. The molecule has 0 saturated carbocycles. The second-order valence-corrected chi connectivity index (χ2v) is 2.79. The summed E-state index contributed by atoms with van der Waals surface area (Å²) in [5.41, 5.74) is 0.693. The highest BCUT2D eigenvalue weighted by atomic mass is 16.5. The lowest BCUT2D eigenvalue weighted by Gasteiger charge is -2.06. The molecule has 0 unspecified atom stereocenters. The van der Waals surface area contributed by atoms with E-state index in [-0.39, 0.29) is 12.6 Å². The van der Waals surface area contributed by atoms with E-state index in [1.807, 2.05) is 12.1 Å². The molecule has 1 N–H and O–H groups in total. The lowest BCUT2D eigenvalue weighted by Crippen LogP contribution is -1.95. The topological polar surface area (TPSA) is 68.1 Å².